The van der Waals surface area contributed by atoms with Crippen molar-refractivity contribution in [3.05, 3.63) is 96.1 Å². The Morgan fingerprint density at radius 1 is 0.586 bits per heavy atom. The Morgan fingerprint density at radius 2 is 1.28 bits per heavy atom. The average molecular weight is 400 g/mol. The molecule has 0 atom stereocenters. The maximum absolute atomic E-state index is 3.66. The molecule has 0 aliphatic heterocycles. The first-order valence-corrected chi connectivity index (χ1v) is 10.3. The van der Waals surface area contributed by atoms with Crippen LogP contribution >= 0.6 is 12.4 Å². The highest BCUT2D eigenvalue weighted by molar-refractivity contribution is 6.23. The summed E-state index contributed by atoms with van der Waals surface area (Å²) in [6.07, 6.45) is 3.61. The van der Waals surface area contributed by atoms with Crippen LogP contribution in [0.2, 0.25) is 0 Å². The Balaban J connectivity index is 0.00000205. The van der Waals surface area contributed by atoms with E-state index in [9.17, 15) is 0 Å². The maximum atomic E-state index is 3.66. The summed E-state index contributed by atoms with van der Waals surface area (Å²) in [5.41, 5.74) is 2.84. The Morgan fingerprint density at radius 3 is 2.07 bits per heavy atom. The third-order valence-corrected chi connectivity index (χ3v) is 5.85. The Bertz CT molecular complexity index is 1200. The van der Waals surface area contributed by atoms with E-state index in [0.29, 0.717) is 0 Å². The summed E-state index contributed by atoms with van der Waals surface area (Å²) in [6, 6.07) is 31.0. The first-order chi connectivity index (χ1) is 13.9. The lowest BCUT2D eigenvalue weighted by molar-refractivity contribution is 0.624. The van der Waals surface area contributed by atoms with E-state index in [4.69, 9.17) is 0 Å². The van der Waals surface area contributed by atoms with Crippen molar-refractivity contribution >= 4 is 44.7 Å². The molecule has 5 rings (SSSR count). The van der Waals surface area contributed by atoms with Gasteiger partial charge in [-0.05, 0) is 69.3 Å². The van der Waals surface area contributed by atoms with Crippen molar-refractivity contribution in [3.63, 3.8) is 0 Å². The molecule has 0 heterocycles. The predicted molar refractivity (Wildman–Crippen MR) is 128 cm³/mol. The number of benzene rings is 5. The summed E-state index contributed by atoms with van der Waals surface area (Å²) >= 11 is 0. The predicted octanol–water partition coefficient (Wildman–Crippen LogP) is 7.12. The molecule has 0 aliphatic rings. The van der Waals surface area contributed by atoms with Crippen molar-refractivity contribution in [2.24, 2.45) is 0 Å². The highest BCUT2D eigenvalue weighted by atomic mass is 35.5. The third kappa shape index (κ3) is 3.94. The summed E-state index contributed by atoms with van der Waals surface area (Å²) in [4.78, 5) is 0. The molecule has 0 saturated heterocycles. The van der Waals surface area contributed by atoms with Gasteiger partial charge in [0.25, 0.3) is 0 Å². The molecule has 1 N–H and O–H groups in total. The molecule has 1 nitrogen and oxygen atoms in total. The number of hydrogen-bond donors (Lipinski definition) is 1. The molecule has 0 fully saturated rings. The summed E-state index contributed by atoms with van der Waals surface area (Å²) in [6.45, 7) is 1.99. The first kappa shape index (κ1) is 19.7. The van der Waals surface area contributed by atoms with E-state index < -0.39 is 0 Å². The smallest absolute Gasteiger partial charge is 0.0211 e. The van der Waals surface area contributed by atoms with Crippen molar-refractivity contribution in [2.75, 3.05) is 6.54 Å². The van der Waals surface area contributed by atoms with Gasteiger partial charge in [-0.2, -0.15) is 0 Å². The van der Waals surface area contributed by atoms with Crippen LogP contribution in [0.1, 0.15) is 24.0 Å². The first-order valence-electron chi connectivity index (χ1n) is 10.3. The Labute approximate surface area is 178 Å². The largest absolute Gasteiger partial charge is 0.313 e. The van der Waals surface area contributed by atoms with E-state index in [1.807, 2.05) is 0 Å². The van der Waals surface area contributed by atoms with E-state index in [1.54, 1.807) is 0 Å². The van der Waals surface area contributed by atoms with Gasteiger partial charge in [0.1, 0.15) is 0 Å². The molecule has 29 heavy (non-hydrogen) atoms. The van der Waals surface area contributed by atoms with Crippen LogP contribution in [0.15, 0.2) is 84.9 Å². The zero-order valence-electron chi connectivity index (χ0n) is 16.5. The van der Waals surface area contributed by atoms with Gasteiger partial charge in [-0.25, -0.2) is 0 Å². The topological polar surface area (TPSA) is 12.0 Å². The van der Waals surface area contributed by atoms with E-state index in [0.717, 1.165) is 13.1 Å². The Kier molecular flexibility index (Phi) is 5.99. The molecule has 5 aromatic carbocycles. The highest BCUT2D eigenvalue weighted by Crippen LogP contribution is 2.35. The molecule has 0 amide bonds. The molecule has 0 aromatic heterocycles. The minimum Gasteiger partial charge on any atom is -0.313 e. The van der Waals surface area contributed by atoms with E-state index in [-0.39, 0.29) is 12.4 Å². The minimum absolute atomic E-state index is 0. The highest BCUT2D eigenvalue weighted by Gasteiger charge is 2.10. The molecule has 0 radical (unpaired) electrons. The molecule has 146 valence electrons. The van der Waals surface area contributed by atoms with Crippen molar-refractivity contribution in [1.82, 2.24) is 5.32 Å². The maximum Gasteiger partial charge on any atom is 0.0211 e. The normalized spacial score (nSPS) is 11.3. The number of rotatable bonds is 7. The van der Waals surface area contributed by atoms with Gasteiger partial charge in [-0.3, -0.25) is 0 Å². The lowest BCUT2D eigenvalue weighted by atomic mass is 9.92. The monoisotopic (exact) mass is 399 g/mol. The fraction of sp³-hybridized carbons (Fsp3) is 0.185. The van der Waals surface area contributed by atoms with Crippen molar-refractivity contribution in [3.8, 4) is 0 Å². The van der Waals surface area contributed by atoms with Crippen LogP contribution in [0.4, 0.5) is 0 Å². The number of hydrogen-bond acceptors (Lipinski definition) is 1. The average Bonchev–Trinajstić information content (AvgIpc) is 2.76. The number of aryl methyl sites for hydroxylation is 1. The van der Waals surface area contributed by atoms with Crippen LogP contribution in [-0.2, 0) is 13.0 Å². The van der Waals surface area contributed by atoms with Gasteiger partial charge >= 0.3 is 0 Å². The molecular weight excluding hydrogens is 374 g/mol. The number of halogens is 1. The van der Waals surface area contributed by atoms with E-state index >= 15 is 0 Å². The molecule has 0 unspecified atom stereocenters. The van der Waals surface area contributed by atoms with Crippen molar-refractivity contribution in [2.45, 2.75) is 25.8 Å². The van der Waals surface area contributed by atoms with Crippen molar-refractivity contribution in [1.29, 1.82) is 0 Å². The second kappa shape index (κ2) is 8.82. The van der Waals surface area contributed by atoms with Crippen LogP contribution in [0, 0.1) is 0 Å². The van der Waals surface area contributed by atoms with Gasteiger partial charge in [0.15, 0.2) is 0 Å². The van der Waals surface area contributed by atoms with Gasteiger partial charge in [-0.1, -0.05) is 84.9 Å². The van der Waals surface area contributed by atoms with Crippen LogP contribution in [0.5, 0.6) is 0 Å². The molecule has 0 aliphatic carbocycles. The fourth-order valence-corrected chi connectivity index (χ4v) is 4.40. The van der Waals surface area contributed by atoms with E-state index in [1.165, 1.54) is 62.7 Å². The second-order valence-corrected chi connectivity index (χ2v) is 7.70. The molecule has 0 bridgehead atoms. The summed E-state index contributed by atoms with van der Waals surface area (Å²) in [5, 5.41) is 11.9. The zero-order valence-corrected chi connectivity index (χ0v) is 17.3. The summed E-state index contributed by atoms with van der Waals surface area (Å²) in [7, 11) is 0. The number of unbranched alkanes of at least 4 members (excludes halogenated alkanes) is 1. The van der Waals surface area contributed by atoms with Gasteiger partial charge in [0.05, 0.1) is 0 Å². The van der Waals surface area contributed by atoms with Crippen LogP contribution in [0.3, 0.4) is 0 Å². The van der Waals surface area contributed by atoms with Gasteiger partial charge in [0.2, 0.25) is 0 Å². The second-order valence-electron chi connectivity index (χ2n) is 7.70. The quantitative estimate of drug-likeness (QED) is 0.227. The molecule has 5 aromatic rings. The minimum atomic E-state index is 0. The Hall–Kier alpha value is -2.61. The van der Waals surface area contributed by atoms with Gasteiger partial charge in [0, 0.05) is 6.54 Å². The SMILES string of the molecule is Cl.c1ccc(CCCCNCc2ccc3ccc4cccc5ccc2c3c45)cc1. The van der Waals surface area contributed by atoms with Gasteiger partial charge < -0.3 is 5.32 Å². The summed E-state index contributed by atoms with van der Waals surface area (Å²) in [5.74, 6) is 0. The van der Waals surface area contributed by atoms with Crippen LogP contribution in [0.25, 0.3) is 32.3 Å². The molecular formula is C27H26ClN. The summed E-state index contributed by atoms with van der Waals surface area (Å²) < 4.78 is 0. The lowest BCUT2D eigenvalue weighted by Gasteiger charge is -2.14. The van der Waals surface area contributed by atoms with E-state index in [2.05, 4.69) is 90.2 Å². The zero-order chi connectivity index (χ0) is 18.8. The van der Waals surface area contributed by atoms with Crippen molar-refractivity contribution < 1.29 is 0 Å². The van der Waals surface area contributed by atoms with Gasteiger partial charge in [-0.15, -0.1) is 12.4 Å². The molecule has 0 spiro atoms. The molecule has 2 heteroatoms. The number of nitrogens with one attached hydrogen (secondary N) is 1. The van der Waals surface area contributed by atoms with Crippen LogP contribution in [-0.4, -0.2) is 6.54 Å². The lowest BCUT2D eigenvalue weighted by Crippen LogP contribution is -2.15. The standard InChI is InChI=1S/C27H25N.ClH/c1-2-7-20(8-3-1)9-4-5-18-28-19-24-15-14-23-13-12-21-10-6-11-22-16-17-25(24)27(23)26(21)22;/h1-3,6-8,10-17,28H,4-5,9,18-19H2;1H. The fourth-order valence-electron chi connectivity index (χ4n) is 4.40. The van der Waals surface area contributed by atoms with Crippen LogP contribution < -0.4 is 5.32 Å². The third-order valence-electron chi connectivity index (χ3n) is 5.85. The molecule has 0 saturated carbocycles.